The molecule has 148 valence electrons. The fourth-order valence-electron chi connectivity index (χ4n) is 3.14. The maximum Gasteiger partial charge on any atom is 0.270 e. The number of halogens is 1. The number of aliphatic imine (C=N–C) groups is 2. The Hall–Kier alpha value is -3.00. The van der Waals surface area contributed by atoms with Crippen LogP contribution >= 0.6 is 11.8 Å². The van der Waals surface area contributed by atoms with Gasteiger partial charge in [0.1, 0.15) is 17.7 Å². The zero-order valence-electron chi connectivity index (χ0n) is 15.9. The summed E-state index contributed by atoms with van der Waals surface area (Å²) in [6, 6.07) is 13.0. The minimum atomic E-state index is -0.459. The van der Waals surface area contributed by atoms with Crippen molar-refractivity contribution in [2.75, 3.05) is 0 Å². The number of hydrogen-bond acceptors (Lipinski definition) is 5. The number of nitrogens with one attached hydrogen (secondary N) is 1. The molecule has 0 bridgehead atoms. The van der Waals surface area contributed by atoms with Gasteiger partial charge in [-0.25, -0.2) is 9.38 Å². The van der Waals surface area contributed by atoms with Crippen molar-refractivity contribution in [1.29, 1.82) is 0 Å². The topological polar surface area (TPSA) is 74.1 Å². The zero-order valence-corrected chi connectivity index (χ0v) is 16.7. The summed E-state index contributed by atoms with van der Waals surface area (Å²) in [4.78, 5) is 35.4. The van der Waals surface area contributed by atoms with E-state index in [4.69, 9.17) is 0 Å². The predicted octanol–water partition coefficient (Wildman–Crippen LogP) is 3.24. The van der Waals surface area contributed by atoms with Gasteiger partial charge in [-0.15, -0.1) is 0 Å². The van der Waals surface area contributed by atoms with E-state index in [0.29, 0.717) is 17.5 Å². The summed E-state index contributed by atoms with van der Waals surface area (Å²) in [5.41, 5.74) is 2.35. The maximum absolute atomic E-state index is 13.0. The molecule has 2 aliphatic rings. The monoisotopic (exact) mass is 410 g/mol. The molecule has 0 saturated heterocycles. The van der Waals surface area contributed by atoms with Gasteiger partial charge in [-0.2, -0.15) is 4.99 Å². The first-order valence-electron chi connectivity index (χ1n) is 9.22. The van der Waals surface area contributed by atoms with Crippen LogP contribution in [-0.2, 0) is 16.1 Å². The highest BCUT2D eigenvalue weighted by molar-refractivity contribution is 8.14. The van der Waals surface area contributed by atoms with Crippen molar-refractivity contribution in [2.45, 2.75) is 31.7 Å². The van der Waals surface area contributed by atoms with Crippen molar-refractivity contribution in [3.63, 3.8) is 0 Å². The van der Waals surface area contributed by atoms with Crippen molar-refractivity contribution < 1.29 is 14.0 Å². The first kappa shape index (κ1) is 19.3. The van der Waals surface area contributed by atoms with Crippen LogP contribution < -0.4 is 5.32 Å². The number of nitrogens with zero attached hydrogens (tertiary/aromatic N) is 3. The lowest BCUT2D eigenvalue weighted by atomic mass is 10.1. The summed E-state index contributed by atoms with van der Waals surface area (Å²) in [6.45, 7) is 3.87. The molecule has 2 heterocycles. The molecule has 0 saturated carbocycles. The van der Waals surface area contributed by atoms with E-state index in [1.165, 1.54) is 23.9 Å². The zero-order chi connectivity index (χ0) is 20.5. The Morgan fingerprint density at radius 1 is 1.21 bits per heavy atom. The number of amidine groups is 2. The normalized spacial score (nSPS) is 18.5. The minimum Gasteiger partial charge on any atom is -0.351 e. The largest absolute Gasteiger partial charge is 0.351 e. The van der Waals surface area contributed by atoms with E-state index >= 15 is 0 Å². The van der Waals surface area contributed by atoms with Crippen LogP contribution in [0.5, 0.6) is 0 Å². The number of rotatable bonds is 4. The highest BCUT2D eigenvalue weighted by atomic mass is 32.2. The van der Waals surface area contributed by atoms with Gasteiger partial charge < -0.3 is 5.32 Å². The Bertz CT molecular complexity index is 1040. The van der Waals surface area contributed by atoms with E-state index in [2.05, 4.69) is 15.3 Å². The summed E-state index contributed by atoms with van der Waals surface area (Å²) >= 11 is 1.28. The Kier molecular flexibility index (Phi) is 5.19. The molecule has 2 amide bonds. The van der Waals surface area contributed by atoms with Crippen molar-refractivity contribution in [2.24, 2.45) is 9.98 Å². The summed E-state index contributed by atoms with van der Waals surface area (Å²) in [5, 5.41) is 2.99. The average Bonchev–Trinajstić information content (AvgIpc) is 3.02. The molecule has 0 aliphatic carbocycles. The quantitative estimate of drug-likeness (QED) is 0.840. The lowest BCUT2D eigenvalue weighted by Crippen LogP contribution is -2.43. The van der Waals surface area contributed by atoms with Gasteiger partial charge >= 0.3 is 0 Å². The van der Waals surface area contributed by atoms with Crippen LogP contribution in [0, 0.1) is 5.82 Å². The van der Waals surface area contributed by atoms with Gasteiger partial charge in [-0.1, -0.05) is 36.0 Å². The van der Waals surface area contributed by atoms with Crippen LogP contribution in [0.25, 0.3) is 0 Å². The van der Waals surface area contributed by atoms with E-state index in [1.807, 2.05) is 24.3 Å². The molecule has 0 aromatic heterocycles. The number of amides is 2. The van der Waals surface area contributed by atoms with Gasteiger partial charge in [0.05, 0.1) is 10.9 Å². The second-order valence-electron chi connectivity index (χ2n) is 6.84. The van der Waals surface area contributed by atoms with Gasteiger partial charge in [0, 0.05) is 12.1 Å². The molecule has 29 heavy (non-hydrogen) atoms. The number of para-hydroxylation sites is 1. The highest BCUT2D eigenvalue weighted by Gasteiger charge is 2.40. The van der Waals surface area contributed by atoms with Gasteiger partial charge in [0.2, 0.25) is 5.91 Å². The van der Waals surface area contributed by atoms with Crippen molar-refractivity contribution in [3.8, 4) is 0 Å². The molecular formula is C21H19FN4O2S. The van der Waals surface area contributed by atoms with E-state index < -0.39 is 11.3 Å². The molecule has 4 rings (SSSR count). The number of fused-ring (bicyclic) bond motifs is 3. The molecule has 2 unspecified atom stereocenters. The molecule has 6 nitrogen and oxygen atoms in total. The first-order valence-corrected chi connectivity index (χ1v) is 10.1. The molecule has 8 heteroatoms. The number of benzene rings is 2. The van der Waals surface area contributed by atoms with Crippen LogP contribution in [-0.4, -0.2) is 39.0 Å². The molecule has 2 aromatic carbocycles. The average molecular weight is 410 g/mol. The fraction of sp³-hybridized carbons (Fsp3) is 0.238. The Morgan fingerprint density at radius 2 is 1.93 bits per heavy atom. The van der Waals surface area contributed by atoms with Crippen LogP contribution in [0.2, 0.25) is 0 Å². The smallest absolute Gasteiger partial charge is 0.270 e. The second kappa shape index (κ2) is 7.79. The van der Waals surface area contributed by atoms with Crippen molar-refractivity contribution >= 4 is 40.3 Å². The highest BCUT2D eigenvalue weighted by Crippen LogP contribution is 2.35. The second-order valence-corrected chi connectivity index (χ2v) is 8.14. The van der Waals surface area contributed by atoms with Gasteiger partial charge in [-0.05, 0) is 43.7 Å². The third kappa shape index (κ3) is 3.80. The fourth-order valence-corrected chi connectivity index (χ4v) is 4.15. The van der Waals surface area contributed by atoms with E-state index in [0.717, 1.165) is 16.8 Å². The first-order chi connectivity index (χ1) is 13.9. The molecule has 0 radical (unpaired) electrons. The molecule has 2 atom stereocenters. The standard InChI is InChI=1S/C21H19FN4O2S/c1-12-19(27)25-18-16-5-3-4-6-17(16)24-21(26(12)18)29-13(2)20(28)23-11-14-7-9-15(22)10-8-14/h3-10,12-13H,11H2,1-2H3,(H,23,28). The summed E-state index contributed by atoms with van der Waals surface area (Å²) < 4.78 is 13.0. The summed E-state index contributed by atoms with van der Waals surface area (Å²) in [6.07, 6.45) is 0. The van der Waals surface area contributed by atoms with E-state index in [9.17, 15) is 14.0 Å². The third-order valence-electron chi connectivity index (χ3n) is 4.79. The van der Waals surface area contributed by atoms with Crippen LogP contribution in [0.4, 0.5) is 10.1 Å². The van der Waals surface area contributed by atoms with Crippen LogP contribution in [0.1, 0.15) is 25.0 Å². The van der Waals surface area contributed by atoms with Gasteiger partial charge in [-0.3, -0.25) is 14.5 Å². The summed E-state index contributed by atoms with van der Waals surface area (Å²) in [5.74, 6) is -0.128. The minimum absolute atomic E-state index is 0.169. The molecule has 0 spiro atoms. The summed E-state index contributed by atoms with van der Waals surface area (Å²) in [7, 11) is 0. The van der Waals surface area contributed by atoms with Crippen LogP contribution in [0.15, 0.2) is 58.5 Å². The van der Waals surface area contributed by atoms with Crippen molar-refractivity contribution in [3.05, 3.63) is 65.5 Å². The lowest BCUT2D eigenvalue weighted by Gasteiger charge is -2.30. The molecule has 2 aliphatic heterocycles. The molecule has 0 fully saturated rings. The number of thioether (sulfide) groups is 1. The molecule has 2 aromatic rings. The number of carbonyl (C=O) groups is 2. The third-order valence-corrected chi connectivity index (χ3v) is 5.85. The number of carbonyl (C=O) groups excluding carboxylic acids is 2. The molecular weight excluding hydrogens is 391 g/mol. The van der Waals surface area contributed by atoms with E-state index in [1.54, 1.807) is 30.9 Å². The SMILES string of the molecule is CC(SC1=Nc2ccccc2C2=NC(=O)C(C)N12)C(=O)NCc1ccc(F)cc1. The Labute approximate surface area is 171 Å². The van der Waals surface area contributed by atoms with E-state index in [-0.39, 0.29) is 17.6 Å². The molecule has 1 N–H and O–H groups in total. The Morgan fingerprint density at radius 3 is 2.69 bits per heavy atom. The number of hydrogen-bond donors (Lipinski definition) is 1. The van der Waals surface area contributed by atoms with Crippen LogP contribution in [0.3, 0.4) is 0 Å². The Balaban J connectivity index is 1.49. The van der Waals surface area contributed by atoms with Crippen molar-refractivity contribution in [1.82, 2.24) is 10.2 Å². The lowest BCUT2D eigenvalue weighted by molar-refractivity contribution is -0.120. The van der Waals surface area contributed by atoms with Gasteiger partial charge in [0.25, 0.3) is 5.91 Å². The maximum atomic E-state index is 13.0. The predicted molar refractivity (Wildman–Crippen MR) is 112 cm³/mol. The van der Waals surface area contributed by atoms with Gasteiger partial charge in [0.15, 0.2) is 5.17 Å².